The molecule has 0 unspecified atom stereocenters. The standard InChI is InChI=1S/C15H19N3O2/c19-14(10-18-8-2-5-15(18)20)17-13-4-1-3-11-6-7-16-9-12(11)13/h1,3-4,16H,2,5-10H2,(H,17,19). The summed E-state index contributed by atoms with van der Waals surface area (Å²) in [6.45, 7) is 2.62. The smallest absolute Gasteiger partial charge is 0.244 e. The topological polar surface area (TPSA) is 61.4 Å². The quantitative estimate of drug-likeness (QED) is 0.860. The number of hydrogen-bond acceptors (Lipinski definition) is 3. The summed E-state index contributed by atoms with van der Waals surface area (Å²) in [7, 11) is 0. The number of fused-ring (bicyclic) bond motifs is 1. The highest BCUT2D eigenvalue weighted by Crippen LogP contribution is 2.23. The first kappa shape index (κ1) is 13.1. The number of anilines is 1. The summed E-state index contributed by atoms with van der Waals surface area (Å²) in [5.41, 5.74) is 3.32. The fourth-order valence-electron chi connectivity index (χ4n) is 2.87. The minimum absolute atomic E-state index is 0.0805. The van der Waals surface area contributed by atoms with Crippen LogP contribution in [0.4, 0.5) is 5.69 Å². The second kappa shape index (κ2) is 5.63. The Kier molecular flexibility index (Phi) is 3.69. The second-order valence-corrected chi connectivity index (χ2v) is 5.34. The van der Waals surface area contributed by atoms with Crippen molar-refractivity contribution in [1.82, 2.24) is 10.2 Å². The van der Waals surface area contributed by atoms with Crippen LogP contribution in [0.2, 0.25) is 0 Å². The highest BCUT2D eigenvalue weighted by molar-refractivity contribution is 5.95. The maximum atomic E-state index is 12.1. The molecule has 2 heterocycles. The lowest BCUT2D eigenvalue weighted by atomic mass is 9.99. The Morgan fingerprint density at radius 2 is 2.25 bits per heavy atom. The summed E-state index contributed by atoms with van der Waals surface area (Å²) in [5, 5.41) is 6.26. The normalized spacial score (nSPS) is 18.0. The van der Waals surface area contributed by atoms with E-state index in [4.69, 9.17) is 0 Å². The van der Waals surface area contributed by atoms with E-state index < -0.39 is 0 Å². The van der Waals surface area contributed by atoms with E-state index in [1.54, 1.807) is 4.90 Å². The highest BCUT2D eigenvalue weighted by atomic mass is 16.2. The maximum Gasteiger partial charge on any atom is 0.244 e. The maximum absolute atomic E-state index is 12.1. The summed E-state index contributed by atoms with van der Waals surface area (Å²) < 4.78 is 0. The molecule has 0 bridgehead atoms. The molecule has 2 aliphatic rings. The molecule has 1 fully saturated rings. The largest absolute Gasteiger partial charge is 0.333 e. The fourth-order valence-corrected chi connectivity index (χ4v) is 2.87. The van der Waals surface area contributed by atoms with Gasteiger partial charge in [0.2, 0.25) is 11.8 Å². The van der Waals surface area contributed by atoms with Gasteiger partial charge in [-0.2, -0.15) is 0 Å². The monoisotopic (exact) mass is 273 g/mol. The van der Waals surface area contributed by atoms with Gasteiger partial charge >= 0.3 is 0 Å². The number of hydrogen-bond donors (Lipinski definition) is 2. The Morgan fingerprint density at radius 3 is 3.05 bits per heavy atom. The zero-order chi connectivity index (χ0) is 13.9. The van der Waals surface area contributed by atoms with Crippen LogP contribution < -0.4 is 10.6 Å². The molecule has 3 rings (SSSR count). The zero-order valence-corrected chi connectivity index (χ0v) is 11.4. The Labute approximate surface area is 118 Å². The number of nitrogens with one attached hydrogen (secondary N) is 2. The molecule has 2 amide bonds. The minimum Gasteiger partial charge on any atom is -0.333 e. The zero-order valence-electron chi connectivity index (χ0n) is 11.4. The molecule has 2 N–H and O–H groups in total. The number of benzene rings is 1. The van der Waals surface area contributed by atoms with Gasteiger partial charge in [-0.1, -0.05) is 12.1 Å². The highest BCUT2D eigenvalue weighted by Gasteiger charge is 2.23. The van der Waals surface area contributed by atoms with E-state index in [0.29, 0.717) is 13.0 Å². The third-order valence-corrected chi connectivity index (χ3v) is 3.93. The van der Waals surface area contributed by atoms with E-state index in [0.717, 1.165) is 31.6 Å². The van der Waals surface area contributed by atoms with E-state index in [2.05, 4.69) is 16.7 Å². The van der Waals surface area contributed by atoms with Gasteiger partial charge in [0.05, 0.1) is 6.54 Å². The van der Waals surface area contributed by atoms with Gasteiger partial charge < -0.3 is 15.5 Å². The van der Waals surface area contributed by atoms with E-state index in [-0.39, 0.29) is 18.4 Å². The lowest BCUT2D eigenvalue weighted by Crippen LogP contribution is -2.34. The molecule has 5 heteroatoms. The van der Waals surface area contributed by atoms with E-state index >= 15 is 0 Å². The molecular weight excluding hydrogens is 254 g/mol. The Bertz CT molecular complexity index is 542. The SMILES string of the molecule is O=C(CN1CCCC1=O)Nc1cccc2c1CNCC2. The van der Waals surface area contributed by atoms with Crippen molar-refractivity contribution >= 4 is 17.5 Å². The van der Waals surface area contributed by atoms with Crippen LogP contribution in [0.1, 0.15) is 24.0 Å². The summed E-state index contributed by atoms with van der Waals surface area (Å²) in [4.78, 5) is 25.2. The molecule has 2 aliphatic heterocycles. The van der Waals surface area contributed by atoms with E-state index in [9.17, 15) is 9.59 Å². The average Bonchev–Trinajstić information content (AvgIpc) is 2.85. The molecule has 0 atom stereocenters. The third-order valence-electron chi connectivity index (χ3n) is 3.93. The number of nitrogens with zero attached hydrogens (tertiary/aromatic N) is 1. The summed E-state index contributed by atoms with van der Waals surface area (Å²) in [6, 6.07) is 6.01. The Balaban J connectivity index is 1.68. The van der Waals surface area contributed by atoms with Crippen LogP contribution in [0.5, 0.6) is 0 Å². The predicted molar refractivity (Wildman–Crippen MR) is 76.3 cm³/mol. The van der Waals surface area contributed by atoms with Gasteiger partial charge in [0.25, 0.3) is 0 Å². The molecule has 0 aromatic heterocycles. The first-order valence-corrected chi connectivity index (χ1v) is 7.13. The molecule has 1 aromatic rings. The van der Waals surface area contributed by atoms with Crippen LogP contribution in [0.3, 0.4) is 0 Å². The first-order valence-electron chi connectivity index (χ1n) is 7.13. The molecule has 1 aromatic carbocycles. The van der Waals surface area contributed by atoms with Crippen molar-refractivity contribution in [2.45, 2.75) is 25.8 Å². The van der Waals surface area contributed by atoms with Gasteiger partial charge in [-0.05, 0) is 36.6 Å². The van der Waals surface area contributed by atoms with Crippen molar-refractivity contribution in [3.05, 3.63) is 29.3 Å². The van der Waals surface area contributed by atoms with Crippen LogP contribution in [0.15, 0.2) is 18.2 Å². The van der Waals surface area contributed by atoms with Crippen LogP contribution in [-0.4, -0.2) is 36.3 Å². The Hall–Kier alpha value is -1.88. The summed E-state index contributed by atoms with van der Waals surface area (Å²) in [6.07, 6.45) is 2.42. The number of rotatable bonds is 3. The molecular formula is C15H19N3O2. The van der Waals surface area contributed by atoms with Crippen LogP contribution in [0.25, 0.3) is 0 Å². The van der Waals surface area contributed by atoms with E-state index in [1.165, 1.54) is 11.1 Å². The van der Waals surface area contributed by atoms with Crippen LogP contribution >= 0.6 is 0 Å². The minimum atomic E-state index is -0.112. The van der Waals surface area contributed by atoms with E-state index in [1.807, 2.05) is 12.1 Å². The van der Waals surface area contributed by atoms with Crippen molar-refractivity contribution < 1.29 is 9.59 Å². The molecule has 0 spiro atoms. The molecule has 1 saturated heterocycles. The molecule has 20 heavy (non-hydrogen) atoms. The van der Waals surface area contributed by atoms with Gasteiger partial charge in [0.1, 0.15) is 0 Å². The number of likely N-dealkylation sites (tertiary alicyclic amines) is 1. The van der Waals surface area contributed by atoms with Crippen LogP contribution in [-0.2, 0) is 22.6 Å². The molecule has 106 valence electrons. The predicted octanol–water partition coefficient (Wildman–Crippen LogP) is 0.893. The molecule has 0 aliphatic carbocycles. The van der Waals surface area contributed by atoms with Crippen molar-refractivity contribution in [3.8, 4) is 0 Å². The van der Waals surface area contributed by atoms with Crippen molar-refractivity contribution in [3.63, 3.8) is 0 Å². The number of carbonyl (C=O) groups is 2. The molecule has 5 nitrogen and oxygen atoms in total. The lowest BCUT2D eigenvalue weighted by Gasteiger charge is -2.21. The van der Waals surface area contributed by atoms with Gasteiger partial charge in [-0.3, -0.25) is 9.59 Å². The van der Waals surface area contributed by atoms with Crippen molar-refractivity contribution in [2.24, 2.45) is 0 Å². The third kappa shape index (κ3) is 2.67. The Morgan fingerprint density at radius 1 is 1.35 bits per heavy atom. The lowest BCUT2D eigenvalue weighted by molar-refractivity contribution is -0.131. The first-order chi connectivity index (χ1) is 9.74. The van der Waals surface area contributed by atoms with Crippen LogP contribution in [0, 0.1) is 0 Å². The summed E-state index contributed by atoms with van der Waals surface area (Å²) >= 11 is 0. The van der Waals surface area contributed by atoms with Crippen molar-refractivity contribution in [1.29, 1.82) is 0 Å². The number of amides is 2. The van der Waals surface area contributed by atoms with Gasteiger partial charge in [-0.25, -0.2) is 0 Å². The number of carbonyl (C=O) groups excluding carboxylic acids is 2. The summed E-state index contributed by atoms with van der Waals surface area (Å²) in [5.74, 6) is -0.0314. The second-order valence-electron chi connectivity index (χ2n) is 5.34. The average molecular weight is 273 g/mol. The van der Waals surface area contributed by atoms with Gasteiger partial charge in [-0.15, -0.1) is 0 Å². The fraction of sp³-hybridized carbons (Fsp3) is 0.467. The van der Waals surface area contributed by atoms with Crippen molar-refractivity contribution in [2.75, 3.05) is 25.0 Å². The molecule has 0 radical (unpaired) electrons. The van der Waals surface area contributed by atoms with Gasteiger partial charge in [0.15, 0.2) is 0 Å². The molecule has 0 saturated carbocycles. The van der Waals surface area contributed by atoms with Gasteiger partial charge in [0, 0.05) is 25.2 Å².